The molecule has 0 spiro atoms. The first-order valence-electron chi connectivity index (χ1n) is 12.8. The van der Waals surface area contributed by atoms with Gasteiger partial charge >= 0.3 is 10.2 Å². The smallest absolute Gasteiger partial charge is 0.303 e. The van der Waals surface area contributed by atoms with E-state index in [1.807, 2.05) is 27.6 Å². The summed E-state index contributed by atoms with van der Waals surface area (Å²) in [5.41, 5.74) is 4.64. The molecule has 0 bridgehead atoms. The Labute approximate surface area is 244 Å². The molecular formula is C30H28Cl2N4O3S. The summed E-state index contributed by atoms with van der Waals surface area (Å²) in [5, 5.41) is 1.00. The number of carbonyl (C=O) groups is 1. The molecule has 1 fully saturated rings. The minimum Gasteiger partial charge on any atom is -0.303 e. The summed E-state index contributed by atoms with van der Waals surface area (Å²) in [7, 11) is -3.94. The molecule has 1 saturated heterocycles. The van der Waals surface area contributed by atoms with Crippen LogP contribution in [-0.2, 0) is 21.4 Å². The van der Waals surface area contributed by atoms with Gasteiger partial charge in [-0.25, -0.2) is 14.0 Å². The number of nitrogens with one attached hydrogen (secondary N) is 1. The third kappa shape index (κ3) is 6.25. The molecule has 1 aromatic heterocycles. The molecule has 1 N–H and O–H groups in total. The van der Waals surface area contributed by atoms with Gasteiger partial charge in [0.15, 0.2) is 0 Å². The molecular weight excluding hydrogens is 567 g/mol. The van der Waals surface area contributed by atoms with Crippen molar-refractivity contribution in [1.29, 1.82) is 0 Å². The van der Waals surface area contributed by atoms with E-state index in [1.54, 1.807) is 30.3 Å². The molecule has 10 heteroatoms. The van der Waals surface area contributed by atoms with E-state index in [-0.39, 0.29) is 6.54 Å². The molecule has 5 rings (SSSR count). The monoisotopic (exact) mass is 594 g/mol. The molecule has 1 amide bonds. The van der Waals surface area contributed by atoms with E-state index in [0.717, 1.165) is 33.2 Å². The second kappa shape index (κ2) is 11.5. The van der Waals surface area contributed by atoms with E-state index in [2.05, 4.69) is 50.3 Å². The molecule has 7 nitrogen and oxygen atoms in total. The molecule has 0 radical (unpaired) electrons. The van der Waals surface area contributed by atoms with Crippen LogP contribution in [0, 0.1) is 5.92 Å². The number of amides is 1. The van der Waals surface area contributed by atoms with Crippen molar-refractivity contribution in [2.75, 3.05) is 10.8 Å². The fourth-order valence-corrected chi connectivity index (χ4v) is 6.12. The maximum Gasteiger partial charge on any atom is 0.326 e. The van der Waals surface area contributed by atoms with Crippen molar-refractivity contribution in [3.8, 4) is 16.9 Å². The van der Waals surface area contributed by atoms with Crippen LogP contribution < -0.4 is 9.03 Å². The molecule has 4 aromatic rings. The first-order valence-corrected chi connectivity index (χ1v) is 15.0. The third-order valence-electron chi connectivity index (χ3n) is 6.46. The second-order valence-corrected chi connectivity index (χ2v) is 12.5. The molecule has 40 heavy (non-hydrogen) atoms. The van der Waals surface area contributed by atoms with Crippen LogP contribution >= 0.6 is 23.2 Å². The lowest BCUT2D eigenvalue weighted by Gasteiger charge is -2.16. The average Bonchev–Trinajstić information content (AvgIpc) is 3.43. The van der Waals surface area contributed by atoms with E-state index in [4.69, 9.17) is 28.2 Å². The van der Waals surface area contributed by atoms with E-state index in [0.29, 0.717) is 39.5 Å². The zero-order valence-electron chi connectivity index (χ0n) is 22.0. The van der Waals surface area contributed by atoms with E-state index in [1.165, 1.54) is 0 Å². The van der Waals surface area contributed by atoms with Crippen molar-refractivity contribution < 1.29 is 13.2 Å². The Morgan fingerprint density at radius 1 is 1.02 bits per heavy atom. The minimum atomic E-state index is -3.94. The normalized spacial score (nSPS) is 14.8. The third-order valence-corrected chi connectivity index (χ3v) is 8.42. The first-order chi connectivity index (χ1) is 19.1. The van der Waals surface area contributed by atoms with Gasteiger partial charge in [0.25, 0.3) is 5.91 Å². The maximum absolute atomic E-state index is 12.5. The second-order valence-electron chi connectivity index (χ2n) is 10.0. The highest BCUT2D eigenvalue weighted by molar-refractivity contribution is 7.92. The summed E-state index contributed by atoms with van der Waals surface area (Å²) in [6.45, 7) is 4.11. The summed E-state index contributed by atoms with van der Waals surface area (Å²) in [5.74, 6) is 0.772. The number of nitrogens with zero attached hydrogens (tertiary/aromatic N) is 3. The van der Waals surface area contributed by atoms with Gasteiger partial charge < -0.3 is 4.57 Å². The zero-order valence-corrected chi connectivity index (χ0v) is 24.3. The molecule has 206 valence electrons. The highest BCUT2D eigenvalue weighted by Crippen LogP contribution is 2.32. The number of rotatable bonds is 8. The largest absolute Gasteiger partial charge is 0.326 e. The Morgan fingerprint density at radius 3 is 2.45 bits per heavy atom. The van der Waals surface area contributed by atoms with Gasteiger partial charge in [0, 0.05) is 28.9 Å². The fourth-order valence-electron chi connectivity index (χ4n) is 4.47. The summed E-state index contributed by atoms with van der Waals surface area (Å²) in [6, 6.07) is 20.6. The number of hydrogen-bond acceptors (Lipinski definition) is 4. The lowest BCUT2D eigenvalue weighted by atomic mass is 10.1. The Bertz CT molecular complexity index is 1700. The van der Waals surface area contributed by atoms with Gasteiger partial charge in [0.1, 0.15) is 12.4 Å². The topological polar surface area (TPSA) is 84.3 Å². The number of carbonyl (C=O) groups excluding carboxylic acids is 1. The highest BCUT2D eigenvalue weighted by Gasteiger charge is 2.34. The van der Waals surface area contributed by atoms with Crippen molar-refractivity contribution in [2.45, 2.75) is 26.7 Å². The van der Waals surface area contributed by atoms with Crippen LogP contribution in [0.3, 0.4) is 0 Å². The average molecular weight is 596 g/mol. The summed E-state index contributed by atoms with van der Waals surface area (Å²) >= 11 is 12.6. The van der Waals surface area contributed by atoms with Crippen molar-refractivity contribution in [3.63, 3.8) is 0 Å². The van der Waals surface area contributed by atoms with Crippen LogP contribution in [0.2, 0.25) is 10.0 Å². The number of benzene rings is 3. The predicted octanol–water partition coefficient (Wildman–Crippen LogP) is 6.68. The molecule has 0 atom stereocenters. The molecule has 1 aliphatic rings. The Morgan fingerprint density at radius 2 is 1.77 bits per heavy atom. The van der Waals surface area contributed by atoms with Gasteiger partial charge in [-0.3, -0.25) is 4.79 Å². The number of aromatic nitrogens is 2. The molecule has 3 aromatic carbocycles. The van der Waals surface area contributed by atoms with Crippen LogP contribution in [-0.4, -0.2) is 30.4 Å². The van der Waals surface area contributed by atoms with Gasteiger partial charge in [0.2, 0.25) is 0 Å². The Balaban J connectivity index is 1.52. The van der Waals surface area contributed by atoms with Gasteiger partial charge in [0.05, 0.1) is 16.4 Å². The van der Waals surface area contributed by atoms with Crippen LogP contribution in [0.1, 0.15) is 37.2 Å². The minimum absolute atomic E-state index is 0.272. The lowest BCUT2D eigenvalue weighted by Crippen LogP contribution is -2.29. The maximum atomic E-state index is 12.5. The first kappa shape index (κ1) is 28.0. The van der Waals surface area contributed by atoms with Crippen molar-refractivity contribution in [3.05, 3.63) is 106 Å². The lowest BCUT2D eigenvalue weighted by molar-refractivity contribution is -0.117. The van der Waals surface area contributed by atoms with Crippen LogP contribution in [0.4, 0.5) is 5.69 Å². The highest BCUT2D eigenvalue weighted by atomic mass is 35.5. The van der Waals surface area contributed by atoms with Crippen LogP contribution in [0.25, 0.3) is 23.0 Å². The van der Waals surface area contributed by atoms with Gasteiger partial charge in [-0.2, -0.15) is 8.42 Å². The van der Waals surface area contributed by atoms with Crippen LogP contribution in [0.15, 0.2) is 79.0 Å². The summed E-state index contributed by atoms with van der Waals surface area (Å²) in [6.07, 6.45) is 7.73. The van der Waals surface area contributed by atoms with Crippen molar-refractivity contribution in [1.82, 2.24) is 14.3 Å². The van der Waals surface area contributed by atoms with Gasteiger partial charge in [-0.05, 0) is 59.9 Å². The number of anilines is 1. The molecule has 0 saturated carbocycles. The predicted molar refractivity (Wildman–Crippen MR) is 161 cm³/mol. The molecule has 1 aliphatic heterocycles. The number of allylic oxidation sites excluding steroid dienone is 1. The fraction of sp³-hybridized carbons (Fsp3) is 0.200. The number of hydrogen-bond donors (Lipinski definition) is 1. The molecule has 2 heterocycles. The standard InChI is InChI=1S/C30H28Cl2N4O3S/c1-20(2)5-3-6-21-9-11-22(12-10-21)15-29-33-28(26-14-13-23(31)16-27(26)32)18-35(29)24-7-4-8-25(17-24)36-19-30(37)34-40(36,38)39/h3-4,6-14,16-18,20H,5,15,19H2,1-2H3,(H,34,37)/b6-3+. The van der Waals surface area contributed by atoms with Gasteiger partial charge in [-0.15, -0.1) is 0 Å². The van der Waals surface area contributed by atoms with Crippen molar-refractivity contribution in [2.24, 2.45) is 5.92 Å². The molecule has 0 aliphatic carbocycles. The zero-order chi connectivity index (χ0) is 28.4. The Kier molecular flexibility index (Phi) is 8.03. The number of halogens is 2. The summed E-state index contributed by atoms with van der Waals surface area (Å²) < 4.78 is 29.9. The summed E-state index contributed by atoms with van der Waals surface area (Å²) in [4.78, 5) is 16.7. The SMILES string of the molecule is CC(C)C/C=C/c1ccc(Cc2nc(-c3ccc(Cl)cc3Cl)cn2-c2cccc(N3CC(=O)NS3(=O)=O)c2)cc1. The van der Waals surface area contributed by atoms with Crippen LogP contribution in [0.5, 0.6) is 0 Å². The van der Waals surface area contributed by atoms with Gasteiger partial charge in [-0.1, -0.05) is 79.5 Å². The number of imidazole rings is 1. The molecule has 0 unspecified atom stereocenters. The van der Waals surface area contributed by atoms with E-state index < -0.39 is 16.1 Å². The van der Waals surface area contributed by atoms with E-state index >= 15 is 0 Å². The Hall–Kier alpha value is -3.59. The van der Waals surface area contributed by atoms with Crippen molar-refractivity contribution >= 4 is 51.1 Å². The quantitative estimate of drug-likeness (QED) is 0.247. The van der Waals surface area contributed by atoms with E-state index in [9.17, 15) is 13.2 Å².